The maximum absolute atomic E-state index is 12.1. The monoisotopic (exact) mass is 306 g/mol. The van der Waals surface area contributed by atoms with Crippen molar-refractivity contribution in [3.63, 3.8) is 0 Å². The zero-order chi connectivity index (χ0) is 16.2. The second-order valence-electron chi connectivity index (χ2n) is 7.00. The Morgan fingerprint density at radius 3 is 2.77 bits per heavy atom. The number of hydrogen-bond donors (Lipinski definition) is 2. The molecule has 2 rings (SSSR count). The van der Waals surface area contributed by atoms with Gasteiger partial charge in [-0.15, -0.1) is 0 Å². The number of amides is 1. The highest BCUT2D eigenvalue weighted by Gasteiger charge is 2.21. The highest BCUT2D eigenvalue weighted by atomic mass is 16.5. The first-order chi connectivity index (χ1) is 10.3. The van der Waals surface area contributed by atoms with Crippen molar-refractivity contribution in [1.29, 1.82) is 0 Å². The standard InChI is InChI=1S/C17H26N2O3/c1-17(2,3)22-15-8-7-13(11-18-15)16(21)19-10-12-5-4-6-14(20)9-12/h7-8,11-12,14,20H,4-6,9-10H2,1-3H3,(H,19,21). The Labute approximate surface area is 132 Å². The van der Waals surface area contributed by atoms with Gasteiger partial charge in [-0.2, -0.15) is 0 Å². The first-order valence-corrected chi connectivity index (χ1v) is 7.95. The molecule has 2 N–H and O–H groups in total. The lowest BCUT2D eigenvalue weighted by atomic mass is 9.87. The molecule has 1 aliphatic carbocycles. The van der Waals surface area contributed by atoms with Crippen LogP contribution in [0.15, 0.2) is 18.3 Å². The summed E-state index contributed by atoms with van der Waals surface area (Å²) in [4.78, 5) is 16.3. The van der Waals surface area contributed by atoms with Crippen LogP contribution in [0.5, 0.6) is 5.88 Å². The largest absolute Gasteiger partial charge is 0.472 e. The third-order valence-corrected chi connectivity index (χ3v) is 3.72. The van der Waals surface area contributed by atoms with Crippen LogP contribution in [0, 0.1) is 5.92 Å². The Morgan fingerprint density at radius 2 is 2.18 bits per heavy atom. The summed E-state index contributed by atoms with van der Waals surface area (Å²) in [6.45, 7) is 6.46. The van der Waals surface area contributed by atoms with Gasteiger partial charge < -0.3 is 15.2 Å². The van der Waals surface area contributed by atoms with Crippen LogP contribution in [-0.2, 0) is 0 Å². The van der Waals surface area contributed by atoms with Gasteiger partial charge in [0.05, 0.1) is 11.7 Å². The molecule has 0 bridgehead atoms. The fraction of sp³-hybridized carbons (Fsp3) is 0.647. The molecule has 122 valence electrons. The summed E-state index contributed by atoms with van der Waals surface area (Å²) in [5, 5.41) is 12.6. The topological polar surface area (TPSA) is 71.5 Å². The van der Waals surface area contributed by atoms with Crippen LogP contribution in [0.4, 0.5) is 0 Å². The van der Waals surface area contributed by atoms with Crippen LogP contribution in [-0.4, -0.2) is 34.2 Å². The average Bonchev–Trinajstić information content (AvgIpc) is 2.44. The maximum atomic E-state index is 12.1. The number of aliphatic hydroxyl groups excluding tert-OH is 1. The smallest absolute Gasteiger partial charge is 0.252 e. The van der Waals surface area contributed by atoms with Crippen molar-refractivity contribution < 1.29 is 14.6 Å². The molecule has 0 radical (unpaired) electrons. The third-order valence-electron chi connectivity index (χ3n) is 3.72. The van der Waals surface area contributed by atoms with E-state index in [0.29, 0.717) is 23.9 Å². The van der Waals surface area contributed by atoms with Crippen LogP contribution >= 0.6 is 0 Å². The predicted molar refractivity (Wildman–Crippen MR) is 84.9 cm³/mol. The molecule has 1 saturated carbocycles. The molecular weight excluding hydrogens is 280 g/mol. The summed E-state index contributed by atoms with van der Waals surface area (Å²) in [5.74, 6) is 0.749. The zero-order valence-electron chi connectivity index (χ0n) is 13.6. The van der Waals surface area contributed by atoms with E-state index >= 15 is 0 Å². The Hall–Kier alpha value is -1.62. The molecule has 1 aromatic rings. The van der Waals surface area contributed by atoms with Crippen LogP contribution in [0.3, 0.4) is 0 Å². The summed E-state index contributed by atoms with van der Waals surface area (Å²) in [7, 11) is 0. The van der Waals surface area contributed by atoms with Gasteiger partial charge in [0.2, 0.25) is 5.88 Å². The predicted octanol–water partition coefficient (Wildman–Crippen LogP) is 2.54. The summed E-state index contributed by atoms with van der Waals surface area (Å²) in [6, 6.07) is 3.43. The van der Waals surface area contributed by atoms with E-state index in [2.05, 4.69) is 10.3 Å². The van der Waals surface area contributed by atoms with Crippen LogP contribution in [0.1, 0.15) is 56.8 Å². The zero-order valence-corrected chi connectivity index (χ0v) is 13.6. The van der Waals surface area contributed by atoms with Crippen LogP contribution in [0.2, 0.25) is 0 Å². The summed E-state index contributed by atoms with van der Waals surface area (Å²) in [6.07, 6.45) is 5.06. The lowest BCUT2D eigenvalue weighted by molar-refractivity contribution is 0.0873. The maximum Gasteiger partial charge on any atom is 0.252 e. The minimum Gasteiger partial charge on any atom is -0.472 e. The Morgan fingerprint density at radius 1 is 1.41 bits per heavy atom. The molecule has 0 aromatic carbocycles. The Bertz CT molecular complexity index is 494. The molecule has 1 fully saturated rings. The van der Waals surface area contributed by atoms with E-state index in [9.17, 15) is 9.90 Å². The number of nitrogens with zero attached hydrogens (tertiary/aromatic N) is 1. The van der Waals surface area contributed by atoms with Gasteiger partial charge in [-0.1, -0.05) is 6.42 Å². The van der Waals surface area contributed by atoms with Gasteiger partial charge in [-0.05, 0) is 52.0 Å². The molecule has 22 heavy (non-hydrogen) atoms. The van der Waals surface area contributed by atoms with Crippen LogP contribution < -0.4 is 10.1 Å². The number of nitrogens with one attached hydrogen (secondary N) is 1. The van der Waals surface area contributed by atoms with E-state index < -0.39 is 0 Å². The van der Waals surface area contributed by atoms with Crippen molar-refractivity contribution in [3.05, 3.63) is 23.9 Å². The molecule has 1 aliphatic rings. The molecule has 1 amide bonds. The van der Waals surface area contributed by atoms with Crippen molar-refractivity contribution in [3.8, 4) is 5.88 Å². The number of carbonyl (C=O) groups is 1. The van der Waals surface area contributed by atoms with Crippen molar-refractivity contribution >= 4 is 5.91 Å². The minimum absolute atomic E-state index is 0.130. The molecule has 0 spiro atoms. The lowest BCUT2D eigenvalue weighted by Gasteiger charge is -2.25. The Balaban J connectivity index is 1.84. The van der Waals surface area contributed by atoms with Gasteiger partial charge >= 0.3 is 0 Å². The van der Waals surface area contributed by atoms with E-state index in [1.807, 2.05) is 20.8 Å². The number of hydrogen-bond acceptors (Lipinski definition) is 4. The van der Waals surface area contributed by atoms with Gasteiger partial charge in [0.15, 0.2) is 0 Å². The van der Waals surface area contributed by atoms with E-state index in [-0.39, 0.29) is 17.6 Å². The number of pyridine rings is 1. The van der Waals surface area contributed by atoms with Gasteiger partial charge in [0.1, 0.15) is 5.60 Å². The summed E-state index contributed by atoms with van der Waals surface area (Å²) < 4.78 is 5.63. The quantitative estimate of drug-likeness (QED) is 0.896. The minimum atomic E-state index is -0.307. The Kier molecular flexibility index (Phi) is 5.40. The molecule has 0 saturated heterocycles. The van der Waals surface area contributed by atoms with E-state index in [0.717, 1.165) is 25.7 Å². The number of ether oxygens (including phenoxy) is 1. The van der Waals surface area contributed by atoms with Crippen molar-refractivity contribution in [2.45, 2.75) is 58.2 Å². The molecule has 5 heteroatoms. The van der Waals surface area contributed by atoms with Crippen molar-refractivity contribution in [1.82, 2.24) is 10.3 Å². The molecule has 5 nitrogen and oxygen atoms in total. The molecule has 1 heterocycles. The van der Waals surface area contributed by atoms with E-state index in [4.69, 9.17) is 4.74 Å². The number of rotatable bonds is 4. The lowest BCUT2D eigenvalue weighted by Crippen LogP contribution is -2.33. The molecule has 2 unspecified atom stereocenters. The fourth-order valence-corrected chi connectivity index (χ4v) is 2.68. The average molecular weight is 306 g/mol. The van der Waals surface area contributed by atoms with Gasteiger partial charge in [-0.25, -0.2) is 4.98 Å². The van der Waals surface area contributed by atoms with Crippen molar-refractivity contribution in [2.24, 2.45) is 5.92 Å². The van der Waals surface area contributed by atoms with E-state index in [1.165, 1.54) is 6.20 Å². The first kappa shape index (κ1) is 16.7. The van der Waals surface area contributed by atoms with Gasteiger partial charge in [0, 0.05) is 18.8 Å². The number of aromatic nitrogens is 1. The second-order valence-corrected chi connectivity index (χ2v) is 7.00. The van der Waals surface area contributed by atoms with Gasteiger partial charge in [-0.3, -0.25) is 4.79 Å². The highest BCUT2D eigenvalue weighted by molar-refractivity contribution is 5.93. The van der Waals surface area contributed by atoms with E-state index in [1.54, 1.807) is 12.1 Å². The third kappa shape index (κ3) is 5.30. The molecule has 2 atom stereocenters. The van der Waals surface area contributed by atoms with Crippen molar-refractivity contribution in [2.75, 3.05) is 6.54 Å². The molecule has 0 aliphatic heterocycles. The normalized spacial score (nSPS) is 22.2. The van der Waals surface area contributed by atoms with Gasteiger partial charge in [0.25, 0.3) is 5.91 Å². The first-order valence-electron chi connectivity index (χ1n) is 7.95. The highest BCUT2D eigenvalue weighted by Crippen LogP contribution is 2.23. The molecular formula is C17H26N2O3. The summed E-state index contributed by atoms with van der Waals surface area (Å²) in [5.41, 5.74) is 0.219. The molecule has 1 aromatic heterocycles. The fourth-order valence-electron chi connectivity index (χ4n) is 2.68. The second kappa shape index (κ2) is 7.09. The summed E-state index contributed by atoms with van der Waals surface area (Å²) >= 11 is 0. The number of carbonyl (C=O) groups excluding carboxylic acids is 1. The SMILES string of the molecule is CC(C)(C)Oc1ccc(C(=O)NCC2CCCC(O)C2)cn1. The number of aliphatic hydroxyl groups is 1. The van der Waals surface area contributed by atoms with Crippen LogP contribution in [0.25, 0.3) is 0 Å².